The van der Waals surface area contributed by atoms with Gasteiger partial charge < -0.3 is 4.74 Å². The fourth-order valence-electron chi connectivity index (χ4n) is 2.10. The Morgan fingerprint density at radius 3 is 2.37 bits per heavy atom. The predicted octanol–water partition coefficient (Wildman–Crippen LogP) is 1.26. The summed E-state index contributed by atoms with van der Waals surface area (Å²) in [5, 5.41) is 0. The van der Waals surface area contributed by atoms with E-state index in [1.165, 1.54) is 8.61 Å². The maximum atomic E-state index is 12.5. The first-order chi connectivity index (χ1) is 9.03. The molecular weight excluding hydrogens is 264 g/mol. The van der Waals surface area contributed by atoms with Crippen LogP contribution in [0.1, 0.15) is 18.5 Å². The molecule has 0 radical (unpaired) electrons. The van der Waals surface area contributed by atoms with Crippen molar-refractivity contribution in [2.24, 2.45) is 0 Å². The van der Waals surface area contributed by atoms with Crippen molar-refractivity contribution >= 4 is 10.2 Å². The normalized spacial score (nSPS) is 19.5. The first kappa shape index (κ1) is 14.5. The lowest BCUT2D eigenvalue weighted by atomic mass is 10.1. The topological polar surface area (TPSA) is 49.9 Å². The molecule has 1 aromatic carbocycles. The molecule has 0 N–H and O–H groups in total. The summed E-state index contributed by atoms with van der Waals surface area (Å²) in [6.07, 6.45) is 0. The van der Waals surface area contributed by atoms with Gasteiger partial charge in [0, 0.05) is 26.2 Å². The molecular formula is C13H20N2O3S. The average Bonchev–Trinajstić information content (AvgIpc) is 2.47. The van der Waals surface area contributed by atoms with Gasteiger partial charge in [-0.2, -0.15) is 17.0 Å². The van der Waals surface area contributed by atoms with E-state index in [0.29, 0.717) is 26.3 Å². The van der Waals surface area contributed by atoms with Gasteiger partial charge in [-0.3, -0.25) is 0 Å². The van der Waals surface area contributed by atoms with Crippen LogP contribution in [-0.4, -0.2) is 50.4 Å². The first-order valence-electron chi connectivity index (χ1n) is 6.39. The molecule has 106 valence electrons. The lowest BCUT2D eigenvalue weighted by Crippen LogP contribution is -2.47. The third-order valence-electron chi connectivity index (χ3n) is 3.49. The molecule has 6 heteroatoms. The molecule has 0 bridgehead atoms. The highest BCUT2D eigenvalue weighted by Gasteiger charge is 2.31. The van der Waals surface area contributed by atoms with Gasteiger partial charge in [0.25, 0.3) is 10.2 Å². The number of hydrogen-bond donors (Lipinski definition) is 0. The van der Waals surface area contributed by atoms with Crippen molar-refractivity contribution in [1.29, 1.82) is 0 Å². The molecule has 0 amide bonds. The van der Waals surface area contributed by atoms with Crippen LogP contribution in [0.4, 0.5) is 0 Å². The van der Waals surface area contributed by atoms with Crippen molar-refractivity contribution in [3.8, 4) is 0 Å². The van der Waals surface area contributed by atoms with Gasteiger partial charge in [-0.1, -0.05) is 30.3 Å². The summed E-state index contributed by atoms with van der Waals surface area (Å²) >= 11 is 0. The maximum absolute atomic E-state index is 12.5. The van der Waals surface area contributed by atoms with E-state index in [2.05, 4.69) is 0 Å². The molecule has 1 saturated heterocycles. The smallest absolute Gasteiger partial charge is 0.282 e. The molecule has 5 nitrogen and oxygen atoms in total. The van der Waals surface area contributed by atoms with E-state index < -0.39 is 10.2 Å². The number of benzene rings is 1. The molecule has 1 atom stereocenters. The molecule has 1 aliphatic rings. The predicted molar refractivity (Wildman–Crippen MR) is 73.9 cm³/mol. The fourth-order valence-corrected chi connectivity index (χ4v) is 3.60. The Bertz CT molecular complexity index is 498. The van der Waals surface area contributed by atoms with Crippen LogP contribution < -0.4 is 0 Å². The summed E-state index contributed by atoms with van der Waals surface area (Å²) in [6.45, 7) is 3.68. The highest BCUT2D eigenvalue weighted by Crippen LogP contribution is 2.23. The van der Waals surface area contributed by atoms with Gasteiger partial charge in [-0.05, 0) is 12.5 Å². The van der Waals surface area contributed by atoms with E-state index in [9.17, 15) is 8.42 Å². The van der Waals surface area contributed by atoms with Crippen LogP contribution in [0, 0.1) is 0 Å². The molecule has 1 unspecified atom stereocenters. The molecule has 2 rings (SSSR count). The van der Waals surface area contributed by atoms with Crippen molar-refractivity contribution in [3.05, 3.63) is 35.9 Å². The first-order valence-corrected chi connectivity index (χ1v) is 7.79. The average molecular weight is 284 g/mol. The Morgan fingerprint density at radius 1 is 1.21 bits per heavy atom. The van der Waals surface area contributed by atoms with E-state index >= 15 is 0 Å². The standard InChI is InChI=1S/C13H20N2O3S/c1-12(13-6-4-3-5-7-13)14(2)19(16,17)15-8-10-18-11-9-15/h3-7,12H,8-11H2,1-2H3. The van der Waals surface area contributed by atoms with E-state index in [4.69, 9.17) is 4.74 Å². The molecule has 1 fully saturated rings. The van der Waals surface area contributed by atoms with E-state index in [1.54, 1.807) is 7.05 Å². The van der Waals surface area contributed by atoms with E-state index in [0.717, 1.165) is 5.56 Å². The third kappa shape index (κ3) is 3.14. The number of ether oxygens (including phenoxy) is 1. The maximum Gasteiger partial charge on any atom is 0.282 e. The van der Waals surface area contributed by atoms with Crippen molar-refractivity contribution in [3.63, 3.8) is 0 Å². The zero-order valence-corrected chi connectivity index (χ0v) is 12.1. The largest absolute Gasteiger partial charge is 0.379 e. The Morgan fingerprint density at radius 2 is 1.79 bits per heavy atom. The number of morpholine rings is 1. The summed E-state index contributed by atoms with van der Waals surface area (Å²) < 4.78 is 33.1. The van der Waals surface area contributed by atoms with Crippen LogP contribution in [0.3, 0.4) is 0 Å². The van der Waals surface area contributed by atoms with Crippen molar-refractivity contribution in [2.45, 2.75) is 13.0 Å². The molecule has 1 aliphatic heterocycles. The molecule has 1 aromatic rings. The summed E-state index contributed by atoms with van der Waals surface area (Å²) in [6, 6.07) is 9.45. The van der Waals surface area contributed by atoms with Gasteiger partial charge in [-0.15, -0.1) is 0 Å². The number of nitrogens with zero attached hydrogens (tertiary/aromatic N) is 2. The second-order valence-corrected chi connectivity index (χ2v) is 6.61. The Labute approximate surface area is 115 Å². The van der Waals surface area contributed by atoms with Gasteiger partial charge in [0.1, 0.15) is 0 Å². The van der Waals surface area contributed by atoms with Crippen LogP contribution >= 0.6 is 0 Å². The van der Waals surface area contributed by atoms with Crippen LogP contribution in [0.25, 0.3) is 0 Å². The van der Waals surface area contributed by atoms with Gasteiger partial charge in [0.05, 0.1) is 13.2 Å². The SMILES string of the molecule is CC(c1ccccc1)N(C)S(=O)(=O)N1CCOCC1. The minimum Gasteiger partial charge on any atom is -0.379 e. The summed E-state index contributed by atoms with van der Waals surface area (Å²) in [5.41, 5.74) is 0.988. The van der Waals surface area contributed by atoms with Gasteiger partial charge in [0.2, 0.25) is 0 Å². The lowest BCUT2D eigenvalue weighted by molar-refractivity contribution is 0.0700. The summed E-state index contributed by atoms with van der Waals surface area (Å²) in [5.74, 6) is 0. The molecule has 0 aromatic heterocycles. The Hall–Kier alpha value is -0.950. The molecule has 1 heterocycles. The van der Waals surface area contributed by atoms with Crippen molar-refractivity contribution in [2.75, 3.05) is 33.4 Å². The highest BCUT2D eigenvalue weighted by molar-refractivity contribution is 7.86. The van der Waals surface area contributed by atoms with Gasteiger partial charge >= 0.3 is 0 Å². The Kier molecular flexibility index (Phi) is 4.57. The van der Waals surface area contributed by atoms with E-state index in [1.807, 2.05) is 37.3 Å². The second-order valence-electron chi connectivity index (χ2n) is 4.62. The monoisotopic (exact) mass is 284 g/mol. The Balaban J connectivity index is 2.15. The molecule has 0 saturated carbocycles. The van der Waals surface area contributed by atoms with Crippen LogP contribution in [-0.2, 0) is 14.9 Å². The summed E-state index contributed by atoms with van der Waals surface area (Å²) in [7, 11) is -1.80. The van der Waals surface area contributed by atoms with Crippen LogP contribution in [0.5, 0.6) is 0 Å². The zero-order valence-electron chi connectivity index (χ0n) is 11.3. The fraction of sp³-hybridized carbons (Fsp3) is 0.538. The summed E-state index contributed by atoms with van der Waals surface area (Å²) in [4.78, 5) is 0. The third-order valence-corrected chi connectivity index (χ3v) is 5.55. The minimum absolute atomic E-state index is 0.186. The minimum atomic E-state index is -3.42. The van der Waals surface area contributed by atoms with E-state index in [-0.39, 0.29) is 6.04 Å². The lowest BCUT2D eigenvalue weighted by Gasteiger charge is -2.33. The molecule has 19 heavy (non-hydrogen) atoms. The number of rotatable bonds is 4. The van der Waals surface area contributed by atoms with Gasteiger partial charge in [-0.25, -0.2) is 0 Å². The van der Waals surface area contributed by atoms with Crippen molar-refractivity contribution < 1.29 is 13.2 Å². The van der Waals surface area contributed by atoms with Crippen LogP contribution in [0.2, 0.25) is 0 Å². The van der Waals surface area contributed by atoms with Gasteiger partial charge in [0.15, 0.2) is 0 Å². The van der Waals surface area contributed by atoms with Crippen LogP contribution in [0.15, 0.2) is 30.3 Å². The molecule has 0 aliphatic carbocycles. The highest BCUT2D eigenvalue weighted by atomic mass is 32.2. The second kappa shape index (κ2) is 6.00. The molecule has 0 spiro atoms. The quantitative estimate of drug-likeness (QED) is 0.836. The number of hydrogen-bond acceptors (Lipinski definition) is 3. The van der Waals surface area contributed by atoms with Crippen molar-refractivity contribution in [1.82, 2.24) is 8.61 Å². The zero-order chi connectivity index (χ0) is 13.9.